The van der Waals surface area contributed by atoms with E-state index in [1.165, 1.54) is 16.7 Å². The summed E-state index contributed by atoms with van der Waals surface area (Å²) in [5.74, 6) is 1.10. The molecule has 1 aliphatic heterocycles. The highest BCUT2D eigenvalue weighted by molar-refractivity contribution is 9.10. The van der Waals surface area contributed by atoms with E-state index in [2.05, 4.69) is 45.5 Å². The molecule has 9 heteroatoms. The summed E-state index contributed by atoms with van der Waals surface area (Å²) in [6.45, 7) is 4.69. The zero-order valence-electron chi connectivity index (χ0n) is 26.9. The highest BCUT2D eigenvalue weighted by Gasteiger charge is 2.32. The zero-order valence-corrected chi connectivity index (χ0v) is 29.3. The number of halogens is 1. The van der Waals surface area contributed by atoms with Gasteiger partial charge < -0.3 is 14.8 Å². The fourth-order valence-corrected chi connectivity index (χ4v) is 7.57. The first-order chi connectivity index (χ1) is 23.9. The second-order valence-electron chi connectivity index (χ2n) is 11.5. The maximum atomic E-state index is 14.2. The number of para-hydroxylation sites is 1. The number of amides is 1. The van der Waals surface area contributed by atoms with Crippen molar-refractivity contribution in [3.63, 3.8) is 0 Å². The number of anilines is 1. The van der Waals surface area contributed by atoms with Gasteiger partial charge >= 0.3 is 0 Å². The summed E-state index contributed by atoms with van der Waals surface area (Å²) >= 11 is 4.97. The number of ether oxygens (including phenoxy) is 2. The number of benzene rings is 5. The van der Waals surface area contributed by atoms with Crippen molar-refractivity contribution in [1.29, 1.82) is 0 Å². The number of fused-ring (bicyclic) bond motifs is 2. The average Bonchev–Trinajstić information content (AvgIpc) is 3.41. The van der Waals surface area contributed by atoms with Gasteiger partial charge in [-0.05, 0) is 99.7 Å². The van der Waals surface area contributed by atoms with E-state index in [0.717, 1.165) is 26.5 Å². The second-order valence-corrected chi connectivity index (χ2v) is 13.4. The predicted molar refractivity (Wildman–Crippen MR) is 199 cm³/mol. The fraction of sp³-hybridized carbons (Fsp3) is 0.125. The van der Waals surface area contributed by atoms with E-state index >= 15 is 0 Å². The Morgan fingerprint density at radius 1 is 0.939 bits per heavy atom. The molecule has 1 atom stereocenters. The molecule has 2 heterocycles. The Morgan fingerprint density at radius 2 is 1.69 bits per heavy atom. The molecule has 0 fully saturated rings. The Morgan fingerprint density at radius 3 is 2.47 bits per heavy atom. The van der Waals surface area contributed by atoms with Crippen LogP contribution in [0, 0.1) is 0 Å². The van der Waals surface area contributed by atoms with Gasteiger partial charge in [0.2, 0.25) is 0 Å². The van der Waals surface area contributed by atoms with Gasteiger partial charge in [-0.15, -0.1) is 0 Å². The maximum absolute atomic E-state index is 14.2. The maximum Gasteiger partial charge on any atom is 0.271 e. The van der Waals surface area contributed by atoms with Gasteiger partial charge in [0.25, 0.3) is 11.5 Å². The lowest BCUT2D eigenvalue weighted by atomic mass is 9.95. The standard InChI is InChI=1S/C40H32BrN3O4S/c1-3-47-31-19-17-28(18-20-31)37-36(38(45)43-30-13-5-4-6-14-30)25(2)42-40-44(37)39(46)35(49-40)23-26-16-21-34(33(41)22-26)48-24-29-12-9-11-27-10-7-8-15-32(27)29/h4-23,37H,3,24H2,1-2H3,(H,43,45)/b35-23-/t37-/m0/s1. The fourth-order valence-electron chi connectivity index (χ4n) is 6.01. The third kappa shape index (κ3) is 6.72. The Labute approximate surface area is 295 Å². The van der Waals surface area contributed by atoms with E-state index in [9.17, 15) is 9.59 Å². The van der Waals surface area contributed by atoms with Crippen LogP contribution in [0.3, 0.4) is 0 Å². The van der Waals surface area contributed by atoms with Crippen LogP contribution in [-0.2, 0) is 11.4 Å². The third-order valence-corrected chi connectivity index (χ3v) is 9.92. The summed E-state index contributed by atoms with van der Waals surface area (Å²) in [5.41, 5.74) is 4.09. The van der Waals surface area contributed by atoms with E-state index in [4.69, 9.17) is 14.5 Å². The number of thiazole rings is 1. The minimum absolute atomic E-state index is 0.229. The lowest BCUT2D eigenvalue weighted by Crippen LogP contribution is -2.40. The van der Waals surface area contributed by atoms with Crippen LogP contribution in [0.1, 0.15) is 36.6 Å². The Bertz CT molecular complexity index is 2390. The molecule has 0 saturated carbocycles. The first-order valence-electron chi connectivity index (χ1n) is 15.9. The van der Waals surface area contributed by atoms with Gasteiger partial charge in [-0.25, -0.2) is 4.99 Å². The molecule has 0 saturated heterocycles. The first kappa shape index (κ1) is 32.3. The van der Waals surface area contributed by atoms with Crippen molar-refractivity contribution < 1.29 is 14.3 Å². The van der Waals surface area contributed by atoms with Crippen molar-refractivity contribution in [1.82, 2.24) is 4.57 Å². The number of allylic oxidation sites excluding steroid dienone is 1. The van der Waals surface area contributed by atoms with Crippen molar-refractivity contribution in [3.8, 4) is 11.5 Å². The molecule has 49 heavy (non-hydrogen) atoms. The normalized spacial score (nSPS) is 14.3. The summed E-state index contributed by atoms with van der Waals surface area (Å²) in [7, 11) is 0. The number of carbonyl (C=O) groups excluding carboxylic acids is 1. The molecule has 0 aliphatic carbocycles. The topological polar surface area (TPSA) is 81.9 Å². The molecule has 6 aromatic rings. The van der Waals surface area contributed by atoms with Gasteiger partial charge in [0.05, 0.1) is 32.9 Å². The molecule has 5 aromatic carbocycles. The molecule has 1 aliphatic rings. The van der Waals surface area contributed by atoms with Gasteiger partial charge in [0.15, 0.2) is 4.80 Å². The second kappa shape index (κ2) is 14.1. The van der Waals surface area contributed by atoms with E-state index in [1.807, 2.05) is 111 Å². The van der Waals surface area contributed by atoms with Gasteiger partial charge in [-0.2, -0.15) is 0 Å². The van der Waals surface area contributed by atoms with Crippen LogP contribution < -0.4 is 29.7 Å². The van der Waals surface area contributed by atoms with Crippen LogP contribution in [0.2, 0.25) is 0 Å². The van der Waals surface area contributed by atoms with Crippen LogP contribution >= 0.6 is 27.3 Å². The number of rotatable bonds is 9. The van der Waals surface area contributed by atoms with Gasteiger partial charge in [0, 0.05) is 5.69 Å². The first-order valence-corrected chi connectivity index (χ1v) is 17.5. The quantitative estimate of drug-likeness (QED) is 0.165. The number of hydrogen-bond donors (Lipinski definition) is 1. The Hall–Kier alpha value is -5.25. The largest absolute Gasteiger partial charge is 0.494 e. The molecule has 0 spiro atoms. The highest BCUT2D eigenvalue weighted by Crippen LogP contribution is 2.32. The zero-order chi connectivity index (χ0) is 33.9. The van der Waals surface area contributed by atoms with E-state index in [0.29, 0.717) is 51.0 Å². The molecule has 1 N–H and O–H groups in total. The predicted octanol–water partition coefficient (Wildman–Crippen LogP) is 7.77. The van der Waals surface area contributed by atoms with Gasteiger partial charge in [-0.3, -0.25) is 14.2 Å². The molecule has 1 aromatic heterocycles. The van der Waals surface area contributed by atoms with Gasteiger partial charge in [-0.1, -0.05) is 90.2 Å². The molecule has 0 unspecified atom stereocenters. The molecular weight excluding hydrogens is 698 g/mol. The molecule has 0 bridgehead atoms. The van der Waals surface area contributed by atoms with Crippen molar-refractivity contribution >= 4 is 55.7 Å². The number of hydrogen-bond acceptors (Lipinski definition) is 6. The minimum Gasteiger partial charge on any atom is -0.494 e. The minimum atomic E-state index is -0.686. The smallest absolute Gasteiger partial charge is 0.271 e. The monoisotopic (exact) mass is 729 g/mol. The molecule has 244 valence electrons. The molecule has 7 rings (SSSR count). The SMILES string of the molecule is CCOc1ccc([C@H]2C(C(=O)Nc3ccccc3)=C(C)N=c3s/c(=C\c4ccc(OCc5cccc6ccccc56)c(Br)c4)c(=O)n32)cc1. The Balaban J connectivity index is 1.22. The summed E-state index contributed by atoms with van der Waals surface area (Å²) in [6, 6.07) is 36.3. The van der Waals surface area contributed by atoms with Crippen molar-refractivity contribution in [2.24, 2.45) is 4.99 Å². The summed E-state index contributed by atoms with van der Waals surface area (Å²) in [4.78, 5) is 33.3. The van der Waals surface area contributed by atoms with E-state index in [-0.39, 0.29) is 11.5 Å². The van der Waals surface area contributed by atoms with Crippen LogP contribution in [0.4, 0.5) is 5.69 Å². The summed E-state index contributed by atoms with van der Waals surface area (Å²) < 4.78 is 14.8. The third-order valence-electron chi connectivity index (χ3n) is 8.32. The molecule has 1 amide bonds. The van der Waals surface area contributed by atoms with Crippen molar-refractivity contribution in [2.75, 3.05) is 11.9 Å². The summed E-state index contributed by atoms with van der Waals surface area (Å²) in [6.07, 6.45) is 1.85. The number of nitrogens with zero attached hydrogens (tertiary/aromatic N) is 2. The van der Waals surface area contributed by atoms with Crippen LogP contribution in [0.15, 0.2) is 141 Å². The van der Waals surface area contributed by atoms with Crippen LogP contribution in [0.5, 0.6) is 11.5 Å². The van der Waals surface area contributed by atoms with Crippen molar-refractivity contribution in [2.45, 2.75) is 26.5 Å². The summed E-state index contributed by atoms with van der Waals surface area (Å²) in [5, 5.41) is 5.32. The lowest BCUT2D eigenvalue weighted by molar-refractivity contribution is -0.113. The van der Waals surface area contributed by atoms with E-state index in [1.54, 1.807) is 4.57 Å². The molecular formula is C40H32BrN3O4S. The van der Waals surface area contributed by atoms with E-state index < -0.39 is 6.04 Å². The molecule has 7 nitrogen and oxygen atoms in total. The lowest BCUT2D eigenvalue weighted by Gasteiger charge is -2.25. The highest BCUT2D eigenvalue weighted by atomic mass is 79.9. The van der Waals surface area contributed by atoms with Gasteiger partial charge in [0.1, 0.15) is 18.1 Å². The number of aromatic nitrogens is 1. The Kier molecular flexibility index (Phi) is 9.28. The number of nitrogens with one attached hydrogen (secondary N) is 1. The van der Waals surface area contributed by atoms with Crippen LogP contribution in [-0.4, -0.2) is 17.1 Å². The van der Waals surface area contributed by atoms with Crippen molar-refractivity contribution in [3.05, 3.63) is 167 Å². The number of carbonyl (C=O) groups is 1. The van der Waals surface area contributed by atoms with Crippen LogP contribution in [0.25, 0.3) is 16.8 Å². The molecule has 0 radical (unpaired) electrons. The average molecular weight is 731 g/mol.